The molecule has 0 spiro atoms. The molecule has 1 heteroatoms. The van der Waals surface area contributed by atoms with Crippen LogP contribution in [0.4, 0.5) is 0 Å². The number of nitrogens with two attached hydrogens (primary N) is 1. The first-order valence-corrected chi connectivity index (χ1v) is 5.48. The van der Waals surface area contributed by atoms with Gasteiger partial charge in [-0.15, -0.1) is 0 Å². The van der Waals surface area contributed by atoms with Crippen LogP contribution in [0.3, 0.4) is 0 Å². The molecule has 2 fully saturated rings. The highest BCUT2D eigenvalue weighted by Crippen LogP contribution is 2.51. The van der Waals surface area contributed by atoms with Gasteiger partial charge in [-0.3, -0.25) is 0 Å². The lowest BCUT2D eigenvalue weighted by molar-refractivity contribution is 0.241. The first-order chi connectivity index (χ1) is 5.72. The molecule has 2 rings (SSSR count). The zero-order valence-electron chi connectivity index (χ0n) is 8.18. The highest BCUT2D eigenvalue weighted by molar-refractivity contribution is 5.00. The summed E-state index contributed by atoms with van der Waals surface area (Å²) < 4.78 is 0. The van der Waals surface area contributed by atoms with Crippen LogP contribution >= 0.6 is 0 Å². The van der Waals surface area contributed by atoms with Crippen molar-refractivity contribution in [3.05, 3.63) is 0 Å². The SMILES string of the molecule is CC1(C(N)C2CCCCC2)CC1. The van der Waals surface area contributed by atoms with Crippen molar-refractivity contribution in [3.63, 3.8) is 0 Å². The summed E-state index contributed by atoms with van der Waals surface area (Å²) in [6, 6.07) is 0.512. The van der Waals surface area contributed by atoms with Crippen molar-refractivity contribution in [3.8, 4) is 0 Å². The zero-order valence-corrected chi connectivity index (χ0v) is 8.18. The second-order valence-electron chi connectivity index (χ2n) is 5.08. The van der Waals surface area contributed by atoms with Crippen LogP contribution in [0, 0.1) is 11.3 Å². The van der Waals surface area contributed by atoms with Gasteiger partial charge in [0.2, 0.25) is 0 Å². The van der Waals surface area contributed by atoms with Crippen molar-refractivity contribution in [2.24, 2.45) is 17.1 Å². The van der Waals surface area contributed by atoms with Gasteiger partial charge in [-0.05, 0) is 37.0 Å². The summed E-state index contributed by atoms with van der Waals surface area (Å²) >= 11 is 0. The van der Waals surface area contributed by atoms with E-state index in [1.807, 2.05) is 0 Å². The van der Waals surface area contributed by atoms with Crippen molar-refractivity contribution in [2.45, 2.75) is 57.9 Å². The zero-order chi connectivity index (χ0) is 8.60. The molecule has 0 aromatic rings. The monoisotopic (exact) mass is 167 g/mol. The molecule has 0 aromatic heterocycles. The average Bonchev–Trinajstić information content (AvgIpc) is 2.85. The Hall–Kier alpha value is -0.0400. The second kappa shape index (κ2) is 3.02. The van der Waals surface area contributed by atoms with Gasteiger partial charge in [-0.25, -0.2) is 0 Å². The van der Waals surface area contributed by atoms with Gasteiger partial charge in [-0.1, -0.05) is 26.2 Å². The maximum Gasteiger partial charge on any atom is 0.0121 e. The summed E-state index contributed by atoms with van der Waals surface area (Å²) in [6.07, 6.45) is 9.85. The molecule has 1 nitrogen and oxygen atoms in total. The number of hydrogen-bond donors (Lipinski definition) is 1. The predicted octanol–water partition coefficient (Wildman–Crippen LogP) is 2.69. The topological polar surface area (TPSA) is 26.0 Å². The maximum atomic E-state index is 6.29. The third-order valence-corrected chi connectivity index (χ3v) is 4.00. The van der Waals surface area contributed by atoms with E-state index in [2.05, 4.69) is 6.92 Å². The van der Waals surface area contributed by atoms with E-state index < -0.39 is 0 Å². The van der Waals surface area contributed by atoms with Gasteiger partial charge in [0.15, 0.2) is 0 Å². The summed E-state index contributed by atoms with van der Waals surface area (Å²) in [4.78, 5) is 0. The summed E-state index contributed by atoms with van der Waals surface area (Å²) in [6.45, 7) is 2.37. The molecule has 1 unspecified atom stereocenters. The quantitative estimate of drug-likeness (QED) is 0.672. The van der Waals surface area contributed by atoms with Crippen LogP contribution in [0.25, 0.3) is 0 Å². The molecule has 0 aromatic carbocycles. The lowest BCUT2D eigenvalue weighted by atomic mass is 9.78. The highest BCUT2D eigenvalue weighted by Gasteiger charge is 2.45. The lowest BCUT2D eigenvalue weighted by Gasteiger charge is -2.31. The van der Waals surface area contributed by atoms with Crippen molar-refractivity contribution in [1.82, 2.24) is 0 Å². The smallest absolute Gasteiger partial charge is 0.0121 e. The fraction of sp³-hybridized carbons (Fsp3) is 1.00. The summed E-state index contributed by atoms with van der Waals surface area (Å²) in [5, 5.41) is 0. The Kier molecular flexibility index (Phi) is 2.16. The van der Waals surface area contributed by atoms with Crippen molar-refractivity contribution in [1.29, 1.82) is 0 Å². The van der Waals surface area contributed by atoms with E-state index in [-0.39, 0.29) is 0 Å². The molecule has 0 amide bonds. The van der Waals surface area contributed by atoms with Gasteiger partial charge in [0, 0.05) is 6.04 Å². The van der Waals surface area contributed by atoms with Gasteiger partial charge in [-0.2, -0.15) is 0 Å². The third-order valence-electron chi connectivity index (χ3n) is 4.00. The molecule has 0 saturated heterocycles. The van der Waals surface area contributed by atoms with E-state index in [0.717, 1.165) is 5.92 Å². The van der Waals surface area contributed by atoms with Crippen LogP contribution in [-0.4, -0.2) is 6.04 Å². The molecule has 2 aliphatic rings. The third kappa shape index (κ3) is 1.52. The van der Waals surface area contributed by atoms with Crippen LogP contribution < -0.4 is 5.73 Å². The molecule has 0 aliphatic heterocycles. The van der Waals surface area contributed by atoms with Gasteiger partial charge >= 0.3 is 0 Å². The standard InChI is InChI=1S/C11H21N/c1-11(7-8-11)10(12)9-5-3-2-4-6-9/h9-10H,2-8,12H2,1H3. The Bertz CT molecular complexity index is 154. The minimum absolute atomic E-state index is 0.512. The molecule has 2 aliphatic carbocycles. The Morgan fingerprint density at radius 2 is 1.75 bits per heavy atom. The lowest BCUT2D eigenvalue weighted by Crippen LogP contribution is -2.38. The van der Waals surface area contributed by atoms with E-state index in [9.17, 15) is 0 Å². The minimum Gasteiger partial charge on any atom is -0.327 e. The predicted molar refractivity (Wildman–Crippen MR) is 51.9 cm³/mol. The maximum absolute atomic E-state index is 6.29. The minimum atomic E-state index is 0.512. The largest absolute Gasteiger partial charge is 0.327 e. The molecule has 70 valence electrons. The van der Waals surface area contributed by atoms with E-state index in [1.54, 1.807) is 0 Å². The van der Waals surface area contributed by atoms with Gasteiger partial charge in [0.05, 0.1) is 0 Å². The second-order valence-corrected chi connectivity index (χ2v) is 5.08. The summed E-state index contributed by atoms with van der Waals surface area (Å²) in [5.41, 5.74) is 6.83. The molecule has 12 heavy (non-hydrogen) atoms. The number of rotatable bonds is 2. The normalized spacial score (nSPS) is 31.5. The van der Waals surface area contributed by atoms with E-state index >= 15 is 0 Å². The van der Waals surface area contributed by atoms with E-state index in [0.29, 0.717) is 11.5 Å². The van der Waals surface area contributed by atoms with Crippen LogP contribution in [0.15, 0.2) is 0 Å². The molecule has 2 saturated carbocycles. The molecule has 0 radical (unpaired) electrons. The Morgan fingerprint density at radius 3 is 2.25 bits per heavy atom. The van der Waals surface area contributed by atoms with Crippen LogP contribution in [0.5, 0.6) is 0 Å². The Labute approximate surface area is 75.7 Å². The van der Waals surface area contributed by atoms with Crippen LogP contribution in [-0.2, 0) is 0 Å². The van der Waals surface area contributed by atoms with Gasteiger partial charge in [0.1, 0.15) is 0 Å². The molecule has 0 bridgehead atoms. The fourth-order valence-corrected chi connectivity index (χ4v) is 2.59. The molecule has 1 atom stereocenters. The van der Waals surface area contributed by atoms with E-state index in [1.165, 1.54) is 44.9 Å². The van der Waals surface area contributed by atoms with Crippen molar-refractivity contribution >= 4 is 0 Å². The average molecular weight is 167 g/mol. The van der Waals surface area contributed by atoms with Gasteiger partial charge in [0.25, 0.3) is 0 Å². The van der Waals surface area contributed by atoms with Crippen molar-refractivity contribution < 1.29 is 0 Å². The first kappa shape index (κ1) is 8.55. The molecule has 0 heterocycles. The van der Waals surface area contributed by atoms with Gasteiger partial charge < -0.3 is 5.73 Å². The van der Waals surface area contributed by atoms with Crippen LogP contribution in [0.1, 0.15) is 51.9 Å². The first-order valence-electron chi connectivity index (χ1n) is 5.48. The van der Waals surface area contributed by atoms with E-state index in [4.69, 9.17) is 5.73 Å². The number of hydrogen-bond acceptors (Lipinski definition) is 1. The summed E-state index contributed by atoms with van der Waals surface area (Å²) in [7, 11) is 0. The molecule has 2 N–H and O–H groups in total. The Balaban J connectivity index is 1.89. The Morgan fingerprint density at radius 1 is 1.17 bits per heavy atom. The van der Waals surface area contributed by atoms with Crippen molar-refractivity contribution in [2.75, 3.05) is 0 Å². The highest BCUT2D eigenvalue weighted by atomic mass is 14.7. The molecular weight excluding hydrogens is 146 g/mol. The summed E-state index contributed by atoms with van der Waals surface area (Å²) in [5.74, 6) is 0.853. The fourth-order valence-electron chi connectivity index (χ4n) is 2.59. The molecular formula is C11H21N. The van der Waals surface area contributed by atoms with Crippen LogP contribution in [0.2, 0.25) is 0 Å².